The molecule has 3 aromatic rings. The zero-order chi connectivity index (χ0) is 27.6. The van der Waals surface area contributed by atoms with Crippen LogP contribution in [-0.4, -0.2) is 39.0 Å². The Hall–Kier alpha value is -3.78. The monoisotopic (exact) mass is 545 g/mol. The molecule has 2 N–H and O–H groups in total. The number of fused-ring (bicyclic) bond motifs is 1. The van der Waals surface area contributed by atoms with Crippen molar-refractivity contribution in [2.45, 2.75) is 39.2 Å². The number of hydrogen-bond acceptors (Lipinski definition) is 7. The molecule has 1 unspecified atom stereocenters. The van der Waals surface area contributed by atoms with Gasteiger partial charge in [0.15, 0.2) is 17.3 Å². The molecule has 204 valence electrons. The third kappa shape index (κ3) is 5.52. The SMILES string of the molecule is COc1cccc(C2C3=C(CC(C)(C)CC3=O)Nc3ccccc3N2CC(=O)NCCc2cccs2)c1OC. The van der Waals surface area contributed by atoms with Gasteiger partial charge in [0, 0.05) is 34.7 Å². The third-order valence-electron chi connectivity index (χ3n) is 7.32. The fourth-order valence-electron chi connectivity index (χ4n) is 5.67. The predicted octanol–water partition coefficient (Wildman–Crippen LogP) is 5.74. The molecule has 5 rings (SSSR count). The minimum atomic E-state index is -0.548. The van der Waals surface area contributed by atoms with E-state index in [1.54, 1.807) is 25.6 Å². The van der Waals surface area contributed by atoms with Gasteiger partial charge in [-0.3, -0.25) is 9.59 Å². The average Bonchev–Trinajstić information content (AvgIpc) is 3.38. The highest BCUT2D eigenvalue weighted by atomic mass is 32.1. The van der Waals surface area contributed by atoms with Crippen molar-refractivity contribution >= 4 is 34.4 Å². The Morgan fingerprint density at radius 3 is 2.64 bits per heavy atom. The Kier molecular flexibility index (Phi) is 7.66. The number of ketones is 1. The molecule has 0 radical (unpaired) electrons. The Morgan fingerprint density at radius 2 is 1.90 bits per heavy atom. The van der Waals surface area contributed by atoms with Crippen LogP contribution in [0, 0.1) is 5.41 Å². The highest BCUT2D eigenvalue weighted by Crippen LogP contribution is 2.50. The van der Waals surface area contributed by atoms with Crippen molar-refractivity contribution in [3.8, 4) is 11.5 Å². The van der Waals surface area contributed by atoms with E-state index in [0.29, 0.717) is 36.5 Å². The second-order valence-corrected chi connectivity index (χ2v) is 11.8. The largest absolute Gasteiger partial charge is 0.493 e. The second-order valence-electron chi connectivity index (χ2n) is 10.8. The summed E-state index contributed by atoms with van der Waals surface area (Å²) in [5.74, 6) is 1.09. The van der Waals surface area contributed by atoms with Gasteiger partial charge in [0.1, 0.15) is 0 Å². The molecule has 0 saturated carbocycles. The Morgan fingerprint density at radius 1 is 1.08 bits per heavy atom. The molecule has 2 aliphatic rings. The van der Waals surface area contributed by atoms with Gasteiger partial charge < -0.3 is 25.0 Å². The van der Waals surface area contributed by atoms with Crippen LogP contribution >= 0.6 is 11.3 Å². The van der Waals surface area contributed by atoms with Crippen molar-refractivity contribution in [1.29, 1.82) is 0 Å². The van der Waals surface area contributed by atoms with Crippen molar-refractivity contribution < 1.29 is 19.1 Å². The first-order chi connectivity index (χ1) is 18.8. The number of allylic oxidation sites excluding steroid dienone is 1. The van der Waals surface area contributed by atoms with E-state index >= 15 is 0 Å². The number of para-hydroxylation sites is 3. The number of amides is 1. The lowest BCUT2D eigenvalue weighted by Crippen LogP contribution is -2.42. The van der Waals surface area contributed by atoms with Crippen molar-refractivity contribution in [2.24, 2.45) is 5.41 Å². The van der Waals surface area contributed by atoms with E-state index in [-0.39, 0.29) is 23.7 Å². The van der Waals surface area contributed by atoms with E-state index in [1.165, 1.54) is 4.88 Å². The predicted molar refractivity (Wildman–Crippen MR) is 156 cm³/mol. The lowest BCUT2D eigenvalue weighted by atomic mass is 9.73. The fraction of sp³-hybridized carbons (Fsp3) is 0.355. The molecule has 2 aromatic carbocycles. The molecule has 1 aromatic heterocycles. The standard InChI is InChI=1S/C31H35N3O4S/c1-31(2)17-23-28(25(35)18-31)29(21-10-7-13-26(37-3)30(21)38-4)34(24-12-6-5-11-22(24)33-23)19-27(36)32-15-14-20-9-8-16-39-20/h5-13,16,29,33H,14-15,17-19H2,1-4H3,(H,32,36). The first-order valence-electron chi connectivity index (χ1n) is 13.2. The zero-order valence-electron chi connectivity index (χ0n) is 22.9. The number of rotatable bonds is 8. The van der Waals surface area contributed by atoms with Crippen LogP contribution in [0.4, 0.5) is 11.4 Å². The van der Waals surface area contributed by atoms with Crippen LogP contribution in [0.25, 0.3) is 0 Å². The van der Waals surface area contributed by atoms with Gasteiger partial charge in [-0.15, -0.1) is 11.3 Å². The van der Waals surface area contributed by atoms with Gasteiger partial charge in [-0.2, -0.15) is 0 Å². The quantitative estimate of drug-likeness (QED) is 0.376. The summed E-state index contributed by atoms with van der Waals surface area (Å²) in [6, 6.07) is 17.2. The van der Waals surface area contributed by atoms with Gasteiger partial charge >= 0.3 is 0 Å². The zero-order valence-corrected chi connectivity index (χ0v) is 23.7. The maximum Gasteiger partial charge on any atom is 0.239 e. The summed E-state index contributed by atoms with van der Waals surface area (Å²) in [5, 5.41) is 8.72. The summed E-state index contributed by atoms with van der Waals surface area (Å²) < 4.78 is 11.5. The number of nitrogens with one attached hydrogen (secondary N) is 2. The Bertz CT molecular complexity index is 1400. The number of anilines is 2. The number of nitrogens with zero attached hydrogens (tertiary/aromatic N) is 1. The fourth-order valence-corrected chi connectivity index (χ4v) is 6.38. The van der Waals surface area contributed by atoms with Gasteiger partial charge in [-0.05, 0) is 47.9 Å². The number of carbonyl (C=O) groups is 2. The molecular formula is C31H35N3O4S. The first-order valence-corrected chi connectivity index (χ1v) is 14.1. The van der Waals surface area contributed by atoms with Crippen LogP contribution < -0.4 is 25.0 Å². The van der Waals surface area contributed by atoms with E-state index in [0.717, 1.165) is 29.1 Å². The van der Waals surface area contributed by atoms with Gasteiger partial charge in [0.05, 0.1) is 38.2 Å². The molecule has 8 heteroatoms. The lowest BCUT2D eigenvalue weighted by Gasteiger charge is -2.38. The maximum absolute atomic E-state index is 13.9. The molecule has 2 heterocycles. The number of benzene rings is 2. The summed E-state index contributed by atoms with van der Waals surface area (Å²) in [4.78, 5) is 30.6. The smallest absolute Gasteiger partial charge is 0.239 e. The number of carbonyl (C=O) groups excluding carboxylic acids is 2. The topological polar surface area (TPSA) is 79.9 Å². The van der Waals surface area contributed by atoms with Crippen LogP contribution in [0.15, 0.2) is 71.2 Å². The normalized spacial score (nSPS) is 18.0. The molecule has 1 aliphatic carbocycles. The number of thiophene rings is 1. The van der Waals surface area contributed by atoms with Crippen LogP contribution in [0.5, 0.6) is 11.5 Å². The van der Waals surface area contributed by atoms with Crippen molar-refractivity contribution in [2.75, 3.05) is 37.5 Å². The summed E-state index contributed by atoms with van der Waals surface area (Å²) in [6.07, 6.45) is 1.91. The van der Waals surface area contributed by atoms with E-state index < -0.39 is 6.04 Å². The van der Waals surface area contributed by atoms with Crippen molar-refractivity contribution in [1.82, 2.24) is 5.32 Å². The lowest BCUT2D eigenvalue weighted by molar-refractivity contribution is -0.120. The van der Waals surface area contributed by atoms with E-state index in [4.69, 9.17) is 9.47 Å². The minimum absolute atomic E-state index is 0.0690. The Balaban J connectivity index is 1.61. The van der Waals surface area contributed by atoms with Crippen LogP contribution in [0.1, 0.15) is 43.2 Å². The Labute approximate surface area is 233 Å². The molecule has 1 atom stereocenters. The van der Waals surface area contributed by atoms with E-state index in [2.05, 4.69) is 30.5 Å². The summed E-state index contributed by atoms with van der Waals surface area (Å²) in [6.45, 7) is 4.85. The van der Waals surface area contributed by atoms with E-state index in [1.807, 2.05) is 58.8 Å². The number of ether oxygens (including phenoxy) is 2. The highest BCUT2D eigenvalue weighted by molar-refractivity contribution is 7.09. The molecule has 0 bridgehead atoms. The van der Waals surface area contributed by atoms with Gasteiger partial charge in [0.25, 0.3) is 0 Å². The molecule has 0 fully saturated rings. The molecule has 39 heavy (non-hydrogen) atoms. The summed E-state index contributed by atoms with van der Waals surface area (Å²) in [5.41, 5.74) is 3.87. The summed E-state index contributed by atoms with van der Waals surface area (Å²) in [7, 11) is 3.20. The third-order valence-corrected chi connectivity index (χ3v) is 8.26. The number of Topliss-reactive ketones (excluding diaryl/α,β-unsaturated/α-hetero) is 1. The number of methoxy groups -OCH3 is 2. The minimum Gasteiger partial charge on any atom is -0.493 e. The van der Waals surface area contributed by atoms with Gasteiger partial charge in [-0.1, -0.05) is 44.2 Å². The summed E-state index contributed by atoms with van der Waals surface area (Å²) >= 11 is 1.68. The molecule has 1 aliphatic heterocycles. The van der Waals surface area contributed by atoms with Crippen molar-refractivity contribution in [3.63, 3.8) is 0 Å². The number of hydrogen-bond donors (Lipinski definition) is 2. The van der Waals surface area contributed by atoms with Crippen molar-refractivity contribution in [3.05, 3.63) is 81.7 Å². The van der Waals surface area contributed by atoms with Crippen LogP contribution in [0.2, 0.25) is 0 Å². The first kappa shape index (κ1) is 26.8. The highest BCUT2D eigenvalue weighted by Gasteiger charge is 2.43. The average molecular weight is 546 g/mol. The van der Waals surface area contributed by atoms with Gasteiger partial charge in [-0.25, -0.2) is 0 Å². The molecule has 0 saturated heterocycles. The van der Waals surface area contributed by atoms with E-state index in [9.17, 15) is 9.59 Å². The van der Waals surface area contributed by atoms with Gasteiger partial charge in [0.2, 0.25) is 5.91 Å². The van der Waals surface area contributed by atoms with Crippen LogP contribution in [-0.2, 0) is 16.0 Å². The maximum atomic E-state index is 13.9. The van der Waals surface area contributed by atoms with Crippen LogP contribution in [0.3, 0.4) is 0 Å². The molecule has 7 nitrogen and oxygen atoms in total. The second kappa shape index (κ2) is 11.1. The molecular weight excluding hydrogens is 510 g/mol. The molecule has 0 spiro atoms. The molecule has 1 amide bonds.